The number of nitriles is 1. The summed E-state index contributed by atoms with van der Waals surface area (Å²) in [5.74, 6) is 0. The number of pyridine rings is 1. The highest BCUT2D eigenvalue weighted by molar-refractivity contribution is 8.03. The Morgan fingerprint density at radius 3 is 2.74 bits per heavy atom. The molecule has 1 aromatic rings. The first-order valence-electron chi connectivity index (χ1n) is 7.39. The van der Waals surface area contributed by atoms with Crippen LogP contribution in [0.4, 0.5) is 13.2 Å². The van der Waals surface area contributed by atoms with E-state index in [4.69, 9.17) is 10.00 Å². The second kappa shape index (κ2) is 7.41. The van der Waals surface area contributed by atoms with Gasteiger partial charge in [0.15, 0.2) is 0 Å². The van der Waals surface area contributed by atoms with E-state index < -0.39 is 23.3 Å². The Morgan fingerprint density at radius 2 is 2.22 bits per heavy atom. The summed E-state index contributed by atoms with van der Waals surface area (Å²) in [5, 5.41) is 10.4. The number of thioether (sulfide) groups is 1. The van der Waals surface area contributed by atoms with Crippen molar-refractivity contribution in [2.45, 2.75) is 55.8 Å². The Labute approximate surface area is 136 Å². The lowest BCUT2D eigenvalue weighted by Crippen LogP contribution is -2.41. The molecule has 0 aromatic carbocycles. The van der Waals surface area contributed by atoms with Crippen molar-refractivity contribution < 1.29 is 17.9 Å². The summed E-state index contributed by atoms with van der Waals surface area (Å²) in [7, 11) is 0. The van der Waals surface area contributed by atoms with Crippen LogP contribution < -0.4 is 5.56 Å². The lowest BCUT2D eigenvalue weighted by atomic mass is 9.88. The number of alkyl halides is 3. The molecule has 1 aliphatic carbocycles. The minimum Gasteiger partial charge on any atom is -0.376 e. The number of aromatic nitrogens is 1. The molecular formula is C15H17F3N2O2S. The molecule has 2 rings (SSSR count). The molecule has 126 valence electrons. The molecular weight excluding hydrogens is 329 g/mol. The minimum atomic E-state index is -4.57. The molecule has 0 N–H and O–H groups in total. The summed E-state index contributed by atoms with van der Waals surface area (Å²) in [6.07, 6.45) is -0.832. The van der Waals surface area contributed by atoms with E-state index in [9.17, 15) is 18.0 Å². The number of halogens is 3. The van der Waals surface area contributed by atoms with E-state index >= 15 is 0 Å². The van der Waals surface area contributed by atoms with Crippen LogP contribution in [0.25, 0.3) is 0 Å². The highest BCUT2D eigenvalue weighted by Gasteiger charge is 2.37. The van der Waals surface area contributed by atoms with Crippen molar-refractivity contribution in [3.8, 4) is 5.40 Å². The van der Waals surface area contributed by atoms with Crippen LogP contribution in [0.1, 0.15) is 44.2 Å². The van der Waals surface area contributed by atoms with Crippen LogP contribution in [-0.4, -0.2) is 17.3 Å². The Balaban J connectivity index is 2.32. The van der Waals surface area contributed by atoms with E-state index in [-0.39, 0.29) is 11.0 Å². The van der Waals surface area contributed by atoms with Gasteiger partial charge < -0.3 is 9.30 Å². The van der Waals surface area contributed by atoms with E-state index in [1.807, 2.05) is 6.92 Å². The van der Waals surface area contributed by atoms with Gasteiger partial charge >= 0.3 is 6.18 Å². The molecule has 0 radical (unpaired) electrons. The van der Waals surface area contributed by atoms with Gasteiger partial charge in [-0.2, -0.15) is 18.4 Å². The average molecular weight is 346 g/mol. The predicted octanol–water partition coefficient (Wildman–Crippen LogP) is 3.96. The molecule has 2 atom stereocenters. The summed E-state index contributed by atoms with van der Waals surface area (Å²) >= 11 is 0.452. The first kappa shape index (κ1) is 17.9. The number of thiocyanates is 1. The largest absolute Gasteiger partial charge is 0.417 e. The molecule has 1 aliphatic rings. The van der Waals surface area contributed by atoms with Crippen molar-refractivity contribution in [3.05, 3.63) is 28.2 Å². The van der Waals surface area contributed by atoms with Gasteiger partial charge in [-0.25, -0.2) is 0 Å². The fourth-order valence-corrected chi connectivity index (χ4v) is 2.92. The van der Waals surface area contributed by atoms with Gasteiger partial charge in [0.2, 0.25) is 0 Å². The maximum atomic E-state index is 13.0. The molecule has 4 nitrogen and oxygen atoms in total. The summed E-state index contributed by atoms with van der Waals surface area (Å²) in [5.41, 5.74) is -1.49. The second-order valence-corrected chi connectivity index (χ2v) is 6.23. The molecule has 0 amide bonds. The topological polar surface area (TPSA) is 55.0 Å². The Morgan fingerprint density at radius 1 is 1.48 bits per heavy atom. The lowest BCUT2D eigenvalue weighted by molar-refractivity contribution is -0.138. The number of hydrogen-bond acceptors (Lipinski definition) is 4. The zero-order valence-electron chi connectivity index (χ0n) is 12.6. The van der Waals surface area contributed by atoms with Gasteiger partial charge in [0.05, 0.1) is 22.6 Å². The molecule has 1 fully saturated rings. The molecule has 8 heteroatoms. The fraction of sp³-hybridized carbons (Fsp3) is 0.600. The lowest BCUT2D eigenvalue weighted by Gasteiger charge is -2.38. The standard InChI is InChI=1S/C15H17F3N2O2S/c1-2-3-6-22-12-5-4-11(12)20-8-10(15(16,17)18)7-13(14(20)21)23-9-19/h7-8,11-12H,2-6H2,1H3/t11-,12+/m1/s1. The summed E-state index contributed by atoms with van der Waals surface area (Å²) in [6, 6.07) is 0.331. The van der Waals surface area contributed by atoms with Gasteiger partial charge in [0, 0.05) is 12.8 Å². The molecule has 1 saturated carbocycles. The van der Waals surface area contributed by atoms with Gasteiger partial charge in [-0.05, 0) is 37.1 Å². The smallest absolute Gasteiger partial charge is 0.376 e. The van der Waals surface area contributed by atoms with Gasteiger partial charge in [-0.15, -0.1) is 0 Å². The first-order valence-corrected chi connectivity index (χ1v) is 8.21. The highest BCUT2D eigenvalue weighted by atomic mass is 32.2. The van der Waals surface area contributed by atoms with Crippen molar-refractivity contribution in [3.63, 3.8) is 0 Å². The van der Waals surface area contributed by atoms with Crippen molar-refractivity contribution in [2.24, 2.45) is 0 Å². The van der Waals surface area contributed by atoms with E-state index in [0.29, 0.717) is 24.8 Å². The average Bonchev–Trinajstić information content (AvgIpc) is 2.45. The molecule has 0 spiro atoms. The highest BCUT2D eigenvalue weighted by Crippen LogP contribution is 2.37. The van der Waals surface area contributed by atoms with Crippen LogP contribution in [0.5, 0.6) is 0 Å². The van der Waals surface area contributed by atoms with Crippen molar-refractivity contribution >= 4 is 11.8 Å². The molecule has 0 aliphatic heterocycles. The minimum absolute atomic E-state index is 0.207. The normalized spacial score (nSPS) is 20.8. The van der Waals surface area contributed by atoms with E-state index in [0.717, 1.165) is 36.1 Å². The van der Waals surface area contributed by atoms with Gasteiger partial charge in [-0.1, -0.05) is 13.3 Å². The quantitative estimate of drug-likeness (QED) is 0.444. The Hall–Kier alpha value is -1.46. The maximum Gasteiger partial charge on any atom is 0.417 e. The first-order chi connectivity index (χ1) is 10.9. The van der Waals surface area contributed by atoms with Crippen LogP contribution >= 0.6 is 11.8 Å². The van der Waals surface area contributed by atoms with Crippen LogP contribution in [0.3, 0.4) is 0 Å². The number of ether oxygens (including phenoxy) is 1. The summed E-state index contributed by atoms with van der Waals surface area (Å²) < 4.78 is 45.8. The van der Waals surface area contributed by atoms with E-state index in [1.54, 1.807) is 5.40 Å². The van der Waals surface area contributed by atoms with Crippen LogP contribution in [-0.2, 0) is 10.9 Å². The SMILES string of the molecule is CCCCO[C@H]1CC[C@H]1n1cc(C(F)(F)F)cc(SC#N)c1=O. The van der Waals surface area contributed by atoms with Crippen LogP contribution in [0.15, 0.2) is 22.0 Å². The number of nitrogens with zero attached hydrogens (tertiary/aromatic N) is 2. The Bertz CT molecular complexity index is 652. The second-order valence-electron chi connectivity index (χ2n) is 5.40. The predicted molar refractivity (Wildman–Crippen MR) is 80.1 cm³/mol. The van der Waals surface area contributed by atoms with Crippen molar-refractivity contribution in [1.82, 2.24) is 4.57 Å². The fourth-order valence-electron chi connectivity index (χ4n) is 2.44. The zero-order valence-corrected chi connectivity index (χ0v) is 13.4. The summed E-state index contributed by atoms with van der Waals surface area (Å²) in [6.45, 7) is 2.55. The molecule has 23 heavy (non-hydrogen) atoms. The third kappa shape index (κ3) is 4.09. The number of rotatable bonds is 6. The van der Waals surface area contributed by atoms with Gasteiger partial charge in [0.1, 0.15) is 5.40 Å². The number of unbranched alkanes of at least 4 members (excludes halogenated alkanes) is 1. The third-order valence-electron chi connectivity index (χ3n) is 3.86. The number of hydrogen-bond donors (Lipinski definition) is 0. The van der Waals surface area contributed by atoms with Crippen LogP contribution in [0, 0.1) is 10.7 Å². The molecule has 0 unspecified atom stereocenters. The van der Waals surface area contributed by atoms with Crippen molar-refractivity contribution in [1.29, 1.82) is 5.26 Å². The van der Waals surface area contributed by atoms with Crippen molar-refractivity contribution in [2.75, 3.05) is 6.61 Å². The summed E-state index contributed by atoms with van der Waals surface area (Å²) in [4.78, 5) is 12.1. The maximum absolute atomic E-state index is 13.0. The molecule has 1 aromatic heterocycles. The Kier molecular flexibility index (Phi) is 5.76. The molecule has 0 bridgehead atoms. The van der Waals surface area contributed by atoms with E-state index in [2.05, 4.69) is 0 Å². The molecule has 1 heterocycles. The van der Waals surface area contributed by atoms with E-state index in [1.165, 1.54) is 0 Å². The zero-order chi connectivity index (χ0) is 17.0. The third-order valence-corrected chi connectivity index (χ3v) is 4.46. The van der Waals surface area contributed by atoms with Crippen LogP contribution in [0.2, 0.25) is 0 Å². The van der Waals surface area contributed by atoms with Gasteiger partial charge in [0.25, 0.3) is 5.56 Å². The molecule has 0 saturated heterocycles. The monoisotopic (exact) mass is 346 g/mol. The van der Waals surface area contributed by atoms with Gasteiger partial charge in [-0.3, -0.25) is 4.79 Å².